The van der Waals surface area contributed by atoms with Crippen LogP contribution in [-0.2, 0) is 19.2 Å². The lowest BCUT2D eigenvalue weighted by Gasteiger charge is -2.29. The number of rotatable bonds is 20. The Hall–Kier alpha value is -4.92. The number of carboxylic acid groups (broad SMARTS) is 2. The van der Waals surface area contributed by atoms with Gasteiger partial charge in [-0.15, -0.1) is 0 Å². The molecule has 1 aromatic carbocycles. The van der Waals surface area contributed by atoms with Crippen molar-refractivity contribution in [1.29, 1.82) is 0 Å². The molecule has 2 unspecified atom stereocenters. The van der Waals surface area contributed by atoms with Gasteiger partial charge in [-0.25, -0.2) is 9.86 Å². The molecule has 1 heterocycles. The fourth-order valence-electron chi connectivity index (χ4n) is 4.63. The molecule has 0 spiro atoms. The molecule has 15 heteroatoms. The van der Waals surface area contributed by atoms with Crippen LogP contribution in [0.15, 0.2) is 34.7 Å². The van der Waals surface area contributed by atoms with Crippen molar-refractivity contribution in [1.82, 2.24) is 21.0 Å². The summed E-state index contributed by atoms with van der Waals surface area (Å²) in [6, 6.07) is 4.71. The van der Waals surface area contributed by atoms with Crippen molar-refractivity contribution in [2.45, 2.75) is 71.4 Å². The number of ether oxygens (including phenoxy) is 1. The summed E-state index contributed by atoms with van der Waals surface area (Å²) in [7, 11) is 0. The third-order valence-electron chi connectivity index (χ3n) is 6.87. The zero-order valence-electron chi connectivity index (χ0n) is 25.4. The predicted octanol–water partition coefficient (Wildman–Crippen LogP) is 2.63. The average molecular weight is 633 g/mol. The van der Waals surface area contributed by atoms with Crippen molar-refractivity contribution in [3.05, 3.63) is 41.7 Å². The van der Waals surface area contributed by atoms with Crippen molar-refractivity contribution in [2.24, 2.45) is 5.92 Å². The van der Waals surface area contributed by atoms with E-state index in [0.29, 0.717) is 23.5 Å². The van der Waals surface area contributed by atoms with Crippen LogP contribution in [0.5, 0.6) is 5.75 Å². The number of hydrogen-bond acceptors (Lipinski definition) is 9. The number of carbonyl (C=O) groups is 6. The van der Waals surface area contributed by atoms with Crippen LogP contribution in [0.2, 0.25) is 0 Å². The molecule has 246 valence electrons. The fourth-order valence-corrected chi connectivity index (χ4v) is 4.63. The van der Waals surface area contributed by atoms with Gasteiger partial charge in [0.05, 0.1) is 31.7 Å². The first-order valence-electron chi connectivity index (χ1n) is 14.6. The standard InChI is InChI=1S/C30H40N4O11/c1-4-7-8-9-21(23(5-2)34(43)17-35)28(39)31-16-32-29(40)25-11-10-24(45-25)18-12-19(14-20(13-18)44-6-3)27(38)33-22(30(41)42)15-26(36)37/h10-14,17,21-23,43H,4-9,15-16H2,1-3H3,(H,31,39)(H,32,40)(H,33,38)(H,36,37)(H,41,42)/t21?,22?,23-/m1/s1. The smallest absolute Gasteiger partial charge is 0.326 e. The van der Waals surface area contributed by atoms with Crippen LogP contribution in [0.25, 0.3) is 11.3 Å². The Kier molecular flexibility index (Phi) is 14.5. The summed E-state index contributed by atoms with van der Waals surface area (Å²) in [6.45, 7) is 5.46. The Morgan fingerprint density at radius 3 is 2.33 bits per heavy atom. The van der Waals surface area contributed by atoms with E-state index in [1.54, 1.807) is 19.9 Å². The summed E-state index contributed by atoms with van der Waals surface area (Å²) in [6.07, 6.45) is 2.73. The largest absolute Gasteiger partial charge is 0.494 e. The van der Waals surface area contributed by atoms with Crippen molar-refractivity contribution < 1.29 is 53.3 Å². The number of benzene rings is 1. The first-order valence-corrected chi connectivity index (χ1v) is 14.6. The molecule has 0 aliphatic rings. The molecule has 0 radical (unpaired) electrons. The Morgan fingerprint density at radius 2 is 1.73 bits per heavy atom. The fraction of sp³-hybridized carbons (Fsp3) is 0.467. The third-order valence-corrected chi connectivity index (χ3v) is 6.87. The van der Waals surface area contributed by atoms with Crippen molar-refractivity contribution >= 4 is 36.1 Å². The molecule has 45 heavy (non-hydrogen) atoms. The highest BCUT2D eigenvalue weighted by Crippen LogP contribution is 2.28. The van der Waals surface area contributed by atoms with Gasteiger partial charge in [-0.3, -0.25) is 29.2 Å². The van der Waals surface area contributed by atoms with Gasteiger partial charge in [-0.1, -0.05) is 33.1 Å². The molecule has 1 aromatic heterocycles. The topological polar surface area (TPSA) is 225 Å². The Morgan fingerprint density at radius 1 is 1.00 bits per heavy atom. The van der Waals surface area contributed by atoms with E-state index in [4.69, 9.17) is 14.3 Å². The zero-order chi connectivity index (χ0) is 33.5. The van der Waals surface area contributed by atoms with Gasteiger partial charge in [-0.05, 0) is 50.1 Å². The number of hydrogen-bond donors (Lipinski definition) is 6. The second kappa shape index (κ2) is 18.0. The van der Waals surface area contributed by atoms with E-state index in [0.717, 1.165) is 19.3 Å². The van der Waals surface area contributed by atoms with Crippen LogP contribution in [0.1, 0.15) is 80.2 Å². The molecule has 0 bridgehead atoms. The number of furan rings is 1. The molecule has 0 fully saturated rings. The third kappa shape index (κ3) is 10.9. The van der Waals surface area contributed by atoms with Crippen molar-refractivity contribution in [3.8, 4) is 17.1 Å². The van der Waals surface area contributed by atoms with Gasteiger partial charge >= 0.3 is 11.9 Å². The summed E-state index contributed by atoms with van der Waals surface area (Å²) in [5, 5.41) is 36.0. The van der Waals surface area contributed by atoms with E-state index in [9.17, 15) is 39.1 Å². The van der Waals surface area contributed by atoms with Gasteiger partial charge in [-0.2, -0.15) is 0 Å². The summed E-state index contributed by atoms with van der Waals surface area (Å²) in [4.78, 5) is 72.1. The van der Waals surface area contributed by atoms with Crippen LogP contribution in [-0.4, -0.2) is 81.9 Å². The molecule has 2 aromatic rings. The highest BCUT2D eigenvalue weighted by atomic mass is 16.5. The van der Waals surface area contributed by atoms with Crippen LogP contribution in [0.3, 0.4) is 0 Å². The molecule has 0 saturated heterocycles. The second-order valence-corrected chi connectivity index (χ2v) is 10.1. The Bertz CT molecular complexity index is 1340. The maximum absolute atomic E-state index is 12.9. The average Bonchev–Trinajstić information content (AvgIpc) is 3.50. The lowest BCUT2D eigenvalue weighted by molar-refractivity contribution is -0.168. The number of amides is 4. The number of nitrogens with zero attached hydrogens (tertiary/aromatic N) is 1. The highest BCUT2D eigenvalue weighted by molar-refractivity contribution is 5.99. The lowest BCUT2D eigenvalue weighted by Crippen LogP contribution is -2.47. The van der Waals surface area contributed by atoms with Crippen molar-refractivity contribution in [2.75, 3.05) is 13.3 Å². The lowest BCUT2D eigenvalue weighted by atomic mass is 9.90. The molecule has 0 aliphatic heterocycles. The van der Waals surface area contributed by atoms with Crippen LogP contribution in [0.4, 0.5) is 0 Å². The molecule has 3 atom stereocenters. The normalized spacial score (nSPS) is 12.7. The van der Waals surface area contributed by atoms with Gasteiger partial charge < -0.3 is 35.3 Å². The summed E-state index contributed by atoms with van der Waals surface area (Å²) < 4.78 is 11.2. The Balaban J connectivity index is 2.16. The number of hydroxylamine groups is 2. The monoisotopic (exact) mass is 632 g/mol. The van der Waals surface area contributed by atoms with Crippen LogP contribution < -0.4 is 20.7 Å². The maximum Gasteiger partial charge on any atom is 0.326 e. The van der Waals surface area contributed by atoms with Gasteiger partial charge in [0, 0.05) is 11.1 Å². The van der Waals surface area contributed by atoms with Crippen molar-refractivity contribution in [3.63, 3.8) is 0 Å². The molecule has 4 amide bonds. The van der Waals surface area contributed by atoms with E-state index in [1.807, 2.05) is 6.92 Å². The minimum Gasteiger partial charge on any atom is -0.494 e. The highest BCUT2D eigenvalue weighted by Gasteiger charge is 2.31. The summed E-state index contributed by atoms with van der Waals surface area (Å²) in [5.74, 6) is -5.28. The molecular weight excluding hydrogens is 592 g/mol. The van der Waals surface area contributed by atoms with Crippen LogP contribution in [0, 0.1) is 5.92 Å². The first-order chi connectivity index (χ1) is 21.4. The van der Waals surface area contributed by atoms with E-state index in [2.05, 4.69) is 16.0 Å². The molecule has 0 aliphatic carbocycles. The van der Waals surface area contributed by atoms with Gasteiger partial charge in [0.15, 0.2) is 5.76 Å². The van der Waals surface area contributed by atoms with Gasteiger partial charge in [0.25, 0.3) is 11.8 Å². The first kappa shape index (κ1) is 36.3. The molecule has 6 N–H and O–H groups in total. The number of carbonyl (C=O) groups excluding carboxylic acids is 4. The second-order valence-electron chi connectivity index (χ2n) is 10.1. The zero-order valence-corrected chi connectivity index (χ0v) is 25.4. The van der Waals surface area contributed by atoms with E-state index in [-0.39, 0.29) is 42.5 Å². The number of aliphatic carboxylic acids is 2. The number of carboxylic acids is 2. The minimum absolute atomic E-state index is 0.0346. The summed E-state index contributed by atoms with van der Waals surface area (Å²) >= 11 is 0. The van der Waals surface area contributed by atoms with E-state index >= 15 is 0 Å². The molecule has 15 nitrogen and oxygen atoms in total. The molecule has 0 saturated carbocycles. The quantitative estimate of drug-likeness (QED) is 0.0409. The van der Waals surface area contributed by atoms with Gasteiger partial charge in [0.2, 0.25) is 12.3 Å². The molecule has 2 rings (SSSR count). The van der Waals surface area contributed by atoms with Gasteiger partial charge in [0.1, 0.15) is 17.6 Å². The predicted molar refractivity (Wildman–Crippen MR) is 158 cm³/mol. The van der Waals surface area contributed by atoms with E-state index < -0.39 is 54.1 Å². The minimum atomic E-state index is -1.67. The SMILES string of the molecule is CCCCCC(C(=O)NCNC(=O)c1ccc(-c2cc(OCC)cc(C(=O)NC(CC(=O)O)C(=O)O)c2)o1)[C@@H](CC)N(O)C=O. The summed E-state index contributed by atoms with van der Waals surface area (Å²) in [5.41, 5.74) is 0.278. The van der Waals surface area contributed by atoms with E-state index in [1.165, 1.54) is 24.3 Å². The maximum atomic E-state index is 12.9. The number of unbranched alkanes of at least 4 members (excludes halogenated alkanes) is 2. The van der Waals surface area contributed by atoms with Crippen LogP contribution >= 0.6 is 0 Å². The number of nitrogens with one attached hydrogen (secondary N) is 3. The Labute approximate surface area is 259 Å². The molecular formula is C30H40N4O11.